The largest absolute Gasteiger partial charge is 0.497 e. The summed E-state index contributed by atoms with van der Waals surface area (Å²) < 4.78 is 10.4. The van der Waals surface area contributed by atoms with Gasteiger partial charge in [-0.15, -0.1) is 11.3 Å². The Bertz CT molecular complexity index is 585. The van der Waals surface area contributed by atoms with E-state index in [9.17, 15) is 4.79 Å². The Morgan fingerprint density at radius 2 is 2.10 bits per heavy atom. The molecule has 5 nitrogen and oxygen atoms in total. The predicted molar refractivity (Wildman–Crippen MR) is 84.6 cm³/mol. The van der Waals surface area contributed by atoms with E-state index in [1.807, 2.05) is 11.4 Å². The van der Waals surface area contributed by atoms with Crippen LogP contribution in [0.25, 0.3) is 0 Å². The van der Waals surface area contributed by atoms with Crippen molar-refractivity contribution in [3.8, 4) is 11.5 Å². The van der Waals surface area contributed by atoms with Crippen molar-refractivity contribution in [1.29, 1.82) is 0 Å². The molecule has 0 saturated carbocycles. The first-order valence-corrected chi connectivity index (χ1v) is 7.40. The van der Waals surface area contributed by atoms with Crippen molar-refractivity contribution >= 4 is 23.1 Å². The molecule has 0 unspecified atom stereocenters. The smallest absolute Gasteiger partial charge is 0.319 e. The fraction of sp³-hybridized carbons (Fsp3) is 0.267. The number of nitrogens with one attached hydrogen (secondary N) is 2. The third-order valence-corrected chi connectivity index (χ3v) is 3.83. The van der Waals surface area contributed by atoms with Crippen LogP contribution in [0.4, 0.5) is 10.5 Å². The molecule has 1 heterocycles. The van der Waals surface area contributed by atoms with Gasteiger partial charge in [0.05, 0.1) is 19.9 Å². The van der Waals surface area contributed by atoms with Crippen molar-refractivity contribution in [3.63, 3.8) is 0 Å². The molecule has 0 bridgehead atoms. The van der Waals surface area contributed by atoms with Crippen LogP contribution in [-0.2, 0) is 6.42 Å². The van der Waals surface area contributed by atoms with Crippen LogP contribution < -0.4 is 20.1 Å². The molecule has 0 aliphatic heterocycles. The number of thiophene rings is 1. The van der Waals surface area contributed by atoms with Gasteiger partial charge in [-0.2, -0.15) is 0 Å². The molecule has 0 aliphatic rings. The van der Waals surface area contributed by atoms with Gasteiger partial charge in [-0.05, 0) is 30.0 Å². The molecular formula is C15H18N2O3S. The molecule has 2 aromatic rings. The number of amides is 2. The fourth-order valence-electron chi connectivity index (χ4n) is 1.83. The second-order valence-corrected chi connectivity index (χ2v) is 5.31. The van der Waals surface area contributed by atoms with Crippen LogP contribution in [-0.4, -0.2) is 26.8 Å². The third kappa shape index (κ3) is 4.39. The zero-order valence-corrected chi connectivity index (χ0v) is 12.8. The van der Waals surface area contributed by atoms with E-state index in [1.54, 1.807) is 43.8 Å². The zero-order valence-electron chi connectivity index (χ0n) is 12.0. The molecule has 2 rings (SSSR count). The normalized spacial score (nSPS) is 10.0. The van der Waals surface area contributed by atoms with E-state index in [2.05, 4.69) is 16.7 Å². The van der Waals surface area contributed by atoms with Crippen molar-refractivity contribution in [2.75, 3.05) is 26.1 Å². The lowest BCUT2D eigenvalue weighted by Gasteiger charge is -2.12. The molecule has 2 N–H and O–H groups in total. The Kier molecular flexibility index (Phi) is 5.45. The van der Waals surface area contributed by atoms with E-state index in [-0.39, 0.29) is 6.03 Å². The molecule has 0 spiro atoms. The van der Waals surface area contributed by atoms with Gasteiger partial charge in [0, 0.05) is 17.5 Å². The summed E-state index contributed by atoms with van der Waals surface area (Å²) in [4.78, 5) is 13.1. The number of ether oxygens (including phenoxy) is 2. The number of hydrogen-bond acceptors (Lipinski definition) is 4. The third-order valence-electron chi connectivity index (χ3n) is 2.89. The number of rotatable bonds is 6. The maximum Gasteiger partial charge on any atom is 0.319 e. The standard InChI is InChI=1S/C15H18N2O3S/c1-19-11-5-6-14(20-2)13(10-11)17-15(18)16-8-7-12-4-3-9-21-12/h3-6,9-10H,7-8H2,1-2H3,(H2,16,17,18). The summed E-state index contributed by atoms with van der Waals surface area (Å²) in [6, 6.07) is 9.03. The molecule has 112 valence electrons. The first-order valence-electron chi connectivity index (χ1n) is 6.52. The van der Waals surface area contributed by atoms with Crippen molar-refractivity contribution in [1.82, 2.24) is 5.32 Å². The Balaban J connectivity index is 1.89. The van der Waals surface area contributed by atoms with E-state index in [0.717, 1.165) is 6.42 Å². The Labute approximate surface area is 127 Å². The molecule has 0 radical (unpaired) electrons. The first kappa shape index (κ1) is 15.2. The lowest BCUT2D eigenvalue weighted by Crippen LogP contribution is -2.30. The van der Waals surface area contributed by atoms with Crippen LogP contribution in [0, 0.1) is 0 Å². The van der Waals surface area contributed by atoms with Crippen LogP contribution in [0.5, 0.6) is 11.5 Å². The highest BCUT2D eigenvalue weighted by Gasteiger charge is 2.08. The SMILES string of the molecule is COc1ccc(OC)c(NC(=O)NCCc2cccs2)c1. The molecule has 2 amide bonds. The molecule has 0 atom stereocenters. The average molecular weight is 306 g/mol. The number of anilines is 1. The van der Waals surface area contributed by atoms with Crippen LogP contribution in [0.2, 0.25) is 0 Å². The van der Waals surface area contributed by atoms with Crippen molar-refractivity contribution < 1.29 is 14.3 Å². The summed E-state index contributed by atoms with van der Waals surface area (Å²) in [6.07, 6.45) is 0.820. The van der Waals surface area contributed by atoms with Gasteiger partial charge in [-0.1, -0.05) is 6.07 Å². The molecule has 0 saturated heterocycles. The quantitative estimate of drug-likeness (QED) is 0.862. The molecule has 6 heteroatoms. The lowest BCUT2D eigenvalue weighted by molar-refractivity contribution is 0.252. The number of methoxy groups -OCH3 is 2. The second-order valence-electron chi connectivity index (χ2n) is 4.28. The van der Waals surface area contributed by atoms with Crippen LogP contribution >= 0.6 is 11.3 Å². The van der Waals surface area contributed by atoms with Gasteiger partial charge in [0.25, 0.3) is 0 Å². The highest BCUT2D eigenvalue weighted by Crippen LogP contribution is 2.28. The molecular weight excluding hydrogens is 288 g/mol. The van der Waals surface area contributed by atoms with Gasteiger partial charge in [-0.25, -0.2) is 4.79 Å². The summed E-state index contributed by atoms with van der Waals surface area (Å²) in [6.45, 7) is 0.582. The van der Waals surface area contributed by atoms with Crippen LogP contribution in [0.3, 0.4) is 0 Å². The first-order chi connectivity index (χ1) is 10.2. The number of benzene rings is 1. The van der Waals surface area contributed by atoms with E-state index < -0.39 is 0 Å². The minimum absolute atomic E-state index is 0.266. The van der Waals surface area contributed by atoms with Gasteiger partial charge >= 0.3 is 6.03 Å². The maximum absolute atomic E-state index is 11.9. The van der Waals surface area contributed by atoms with Crippen LogP contribution in [0.15, 0.2) is 35.7 Å². The predicted octanol–water partition coefficient (Wildman–Crippen LogP) is 3.13. The summed E-state index contributed by atoms with van der Waals surface area (Å²) >= 11 is 1.68. The number of hydrogen-bond donors (Lipinski definition) is 2. The summed E-state index contributed by atoms with van der Waals surface area (Å²) in [7, 11) is 3.13. The Morgan fingerprint density at radius 3 is 2.76 bits per heavy atom. The molecule has 1 aromatic heterocycles. The van der Waals surface area contributed by atoms with Crippen LogP contribution in [0.1, 0.15) is 4.88 Å². The van der Waals surface area contributed by atoms with Gasteiger partial charge in [0.1, 0.15) is 11.5 Å². The lowest BCUT2D eigenvalue weighted by atomic mass is 10.2. The van der Waals surface area contributed by atoms with Crippen molar-refractivity contribution in [2.24, 2.45) is 0 Å². The fourth-order valence-corrected chi connectivity index (χ4v) is 2.54. The number of carbonyl (C=O) groups excluding carboxylic acids is 1. The highest BCUT2D eigenvalue weighted by atomic mass is 32.1. The van der Waals surface area contributed by atoms with Gasteiger partial charge < -0.3 is 20.1 Å². The van der Waals surface area contributed by atoms with E-state index in [4.69, 9.17) is 9.47 Å². The molecule has 21 heavy (non-hydrogen) atoms. The Hall–Kier alpha value is -2.21. The summed E-state index contributed by atoms with van der Waals surface area (Å²) in [5.74, 6) is 1.24. The summed E-state index contributed by atoms with van der Waals surface area (Å²) in [5.41, 5.74) is 0.575. The minimum atomic E-state index is -0.266. The maximum atomic E-state index is 11.9. The molecule has 0 aliphatic carbocycles. The van der Waals surface area contributed by atoms with E-state index in [0.29, 0.717) is 23.7 Å². The van der Waals surface area contributed by atoms with Crippen molar-refractivity contribution in [3.05, 3.63) is 40.6 Å². The van der Waals surface area contributed by atoms with Crippen molar-refractivity contribution in [2.45, 2.75) is 6.42 Å². The topological polar surface area (TPSA) is 59.6 Å². The minimum Gasteiger partial charge on any atom is -0.497 e. The molecule has 1 aromatic carbocycles. The van der Waals surface area contributed by atoms with E-state index >= 15 is 0 Å². The van der Waals surface area contributed by atoms with Gasteiger partial charge in [0.2, 0.25) is 0 Å². The number of urea groups is 1. The second kappa shape index (κ2) is 7.54. The monoisotopic (exact) mass is 306 g/mol. The average Bonchev–Trinajstić information content (AvgIpc) is 3.00. The number of carbonyl (C=O) groups is 1. The van der Waals surface area contributed by atoms with Gasteiger partial charge in [-0.3, -0.25) is 0 Å². The van der Waals surface area contributed by atoms with Gasteiger partial charge in [0.15, 0.2) is 0 Å². The van der Waals surface area contributed by atoms with E-state index in [1.165, 1.54) is 4.88 Å². The highest BCUT2D eigenvalue weighted by molar-refractivity contribution is 7.09. The zero-order chi connectivity index (χ0) is 15.1. The molecule has 0 fully saturated rings. The Morgan fingerprint density at radius 1 is 1.24 bits per heavy atom. The summed E-state index contributed by atoms with van der Waals surface area (Å²) in [5, 5.41) is 7.61.